The molecule has 3 heterocycles. The fraction of sp³-hybridized carbons (Fsp3) is 0.111. The van der Waals surface area contributed by atoms with Crippen molar-refractivity contribution in [2.24, 2.45) is 4.99 Å². The number of pyridine rings is 1. The molecule has 0 bridgehead atoms. The van der Waals surface area contributed by atoms with E-state index >= 15 is 0 Å². The molecule has 0 spiro atoms. The van der Waals surface area contributed by atoms with Gasteiger partial charge in [-0.1, -0.05) is 12.1 Å². The zero-order valence-corrected chi connectivity index (χ0v) is 15.7. The maximum absolute atomic E-state index is 13.6. The van der Waals surface area contributed by atoms with Crippen LogP contribution < -0.4 is 22.1 Å². The molecule has 1 atom stereocenters. The lowest BCUT2D eigenvalue weighted by Gasteiger charge is -2.27. The van der Waals surface area contributed by atoms with E-state index in [1.54, 1.807) is 18.3 Å². The zero-order chi connectivity index (χ0) is 21.6. The summed E-state index contributed by atoms with van der Waals surface area (Å²) in [5.41, 5.74) is 11.4. The van der Waals surface area contributed by atoms with Crippen LogP contribution in [0.1, 0.15) is 28.3 Å². The van der Waals surface area contributed by atoms with Gasteiger partial charge in [-0.2, -0.15) is 23.7 Å². The first kappa shape index (κ1) is 19.3. The minimum Gasteiger partial charge on any atom is -0.397 e. The third-order valence-corrected chi connectivity index (χ3v) is 5.54. The summed E-state index contributed by atoms with van der Waals surface area (Å²) in [6.45, 7) is 0. The number of nitrogens with one attached hydrogen (secondary N) is 2. The Bertz CT molecular complexity index is 1300. The van der Waals surface area contributed by atoms with Gasteiger partial charge in [0, 0.05) is 21.0 Å². The van der Waals surface area contributed by atoms with Crippen LogP contribution in [0.15, 0.2) is 28.6 Å². The number of nitrogens with two attached hydrogens (primary N) is 2. The average Bonchev–Trinajstić information content (AvgIpc) is 3.12. The Morgan fingerprint density at radius 1 is 1.23 bits per heavy atom. The maximum Gasteiger partial charge on any atom is 0.417 e. The van der Waals surface area contributed by atoms with Crippen molar-refractivity contribution in [1.82, 2.24) is 10.3 Å². The normalized spacial score (nSPS) is 15.5. The predicted octanol–water partition coefficient (Wildman–Crippen LogP) is 3.29. The molecule has 12 heteroatoms. The Hall–Kier alpha value is -4.03. The molecule has 0 saturated heterocycles. The SMILES string of the molecule is N#CNC1=NC(c2cccc3scc(C(F)(F)F)c23)c2c(nc(N)c(C#N)c2N)N1. The highest BCUT2D eigenvalue weighted by molar-refractivity contribution is 7.17. The topological polar surface area (TPSA) is 149 Å². The molecule has 0 fully saturated rings. The van der Waals surface area contributed by atoms with E-state index in [4.69, 9.17) is 16.7 Å². The van der Waals surface area contributed by atoms with Gasteiger partial charge in [0.05, 0.1) is 11.3 Å². The Kier molecular flexibility index (Phi) is 4.37. The second kappa shape index (κ2) is 6.79. The van der Waals surface area contributed by atoms with Crippen LogP contribution in [-0.2, 0) is 6.18 Å². The number of fused-ring (bicyclic) bond motifs is 2. The molecule has 2 aromatic heterocycles. The lowest BCUT2D eigenvalue weighted by atomic mass is 9.92. The molecule has 4 rings (SSSR count). The van der Waals surface area contributed by atoms with Crippen LogP contribution in [0.4, 0.5) is 30.5 Å². The van der Waals surface area contributed by atoms with E-state index in [2.05, 4.69) is 20.6 Å². The van der Waals surface area contributed by atoms with Gasteiger partial charge in [-0.3, -0.25) is 5.32 Å². The summed E-state index contributed by atoms with van der Waals surface area (Å²) >= 11 is 0.954. The van der Waals surface area contributed by atoms with Crippen LogP contribution in [0.25, 0.3) is 10.1 Å². The van der Waals surface area contributed by atoms with Crippen LogP contribution >= 0.6 is 11.3 Å². The summed E-state index contributed by atoms with van der Waals surface area (Å²) < 4.78 is 41.4. The second-order valence-electron chi connectivity index (χ2n) is 6.27. The number of thiophene rings is 1. The monoisotopic (exact) mass is 428 g/mol. The molecule has 8 nitrogen and oxygen atoms in total. The Morgan fingerprint density at radius 2 is 2.00 bits per heavy atom. The smallest absolute Gasteiger partial charge is 0.397 e. The van der Waals surface area contributed by atoms with Gasteiger partial charge in [-0.05, 0) is 11.6 Å². The number of nitriles is 2. The summed E-state index contributed by atoms with van der Waals surface area (Å²) in [7, 11) is 0. The molecule has 1 aromatic carbocycles. The van der Waals surface area contributed by atoms with E-state index in [1.165, 1.54) is 6.07 Å². The number of rotatable bonds is 1. The quantitative estimate of drug-likeness (QED) is 0.343. The third kappa shape index (κ3) is 2.91. The van der Waals surface area contributed by atoms with Gasteiger partial charge in [0.1, 0.15) is 29.3 Å². The molecule has 1 unspecified atom stereocenters. The van der Waals surface area contributed by atoms with Crippen molar-refractivity contribution >= 4 is 44.7 Å². The van der Waals surface area contributed by atoms with Crippen LogP contribution in [0, 0.1) is 22.8 Å². The van der Waals surface area contributed by atoms with Crippen molar-refractivity contribution in [3.8, 4) is 12.3 Å². The van der Waals surface area contributed by atoms with Gasteiger partial charge in [-0.25, -0.2) is 9.98 Å². The van der Waals surface area contributed by atoms with Crippen molar-refractivity contribution in [2.75, 3.05) is 16.8 Å². The Morgan fingerprint density at radius 3 is 2.67 bits per heavy atom. The fourth-order valence-corrected chi connectivity index (χ4v) is 4.36. The molecule has 0 aliphatic carbocycles. The number of nitrogen functional groups attached to an aromatic ring is 2. The number of nitrogens with zero attached hydrogens (tertiary/aromatic N) is 4. The number of alkyl halides is 3. The molecule has 0 saturated carbocycles. The Balaban J connectivity index is 2.06. The van der Waals surface area contributed by atoms with Crippen LogP contribution in [0.5, 0.6) is 0 Å². The van der Waals surface area contributed by atoms with Crippen molar-refractivity contribution in [3.63, 3.8) is 0 Å². The fourth-order valence-electron chi connectivity index (χ4n) is 3.36. The van der Waals surface area contributed by atoms with E-state index in [0.717, 1.165) is 16.7 Å². The van der Waals surface area contributed by atoms with E-state index in [9.17, 15) is 18.4 Å². The lowest BCUT2D eigenvalue weighted by molar-refractivity contribution is -0.136. The minimum absolute atomic E-state index is 0.0253. The number of aliphatic imine (C=N–C) groups is 1. The van der Waals surface area contributed by atoms with Crippen molar-refractivity contribution < 1.29 is 13.2 Å². The average molecular weight is 428 g/mol. The number of aromatic nitrogens is 1. The number of benzene rings is 1. The number of anilines is 3. The van der Waals surface area contributed by atoms with Gasteiger partial charge in [0.2, 0.25) is 5.96 Å². The van der Waals surface area contributed by atoms with Crippen molar-refractivity contribution in [1.29, 1.82) is 10.5 Å². The predicted molar refractivity (Wildman–Crippen MR) is 106 cm³/mol. The maximum atomic E-state index is 13.6. The van der Waals surface area contributed by atoms with Gasteiger partial charge in [0.15, 0.2) is 6.19 Å². The molecule has 30 heavy (non-hydrogen) atoms. The first-order valence-electron chi connectivity index (χ1n) is 8.32. The second-order valence-corrected chi connectivity index (χ2v) is 7.18. The summed E-state index contributed by atoms with van der Waals surface area (Å²) in [6.07, 6.45) is -2.88. The van der Waals surface area contributed by atoms with E-state index in [0.29, 0.717) is 4.70 Å². The molecule has 0 amide bonds. The standard InChI is InChI=1S/C18H11F3N8S/c19-18(20,21)9-5-30-10-3-1-2-7(11(9)10)14-12-13(24)8(4-22)15(25)28-16(12)29-17(27-14)26-6-23/h1-3,5,14H,(H6,24,25,26,27,28,29). The molecule has 6 N–H and O–H groups in total. The van der Waals surface area contributed by atoms with Crippen LogP contribution in [0.2, 0.25) is 0 Å². The van der Waals surface area contributed by atoms with E-state index in [1.807, 2.05) is 6.07 Å². The van der Waals surface area contributed by atoms with Gasteiger partial charge >= 0.3 is 6.18 Å². The van der Waals surface area contributed by atoms with Gasteiger partial charge in [0.25, 0.3) is 0 Å². The van der Waals surface area contributed by atoms with Crippen LogP contribution in [-0.4, -0.2) is 10.9 Å². The molecule has 1 aliphatic heterocycles. The molecule has 0 radical (unpaired) electrons. The number of halogens is 3. The number of guanidine groups is 1. The summed E-state index contributed by atoms with van der Waals surface area (Å²) in [4.78, 5) is 8.45. The first-order chi connectivity index (χ1) is 14.3. The molecule has 1 aliphatic rings. The van der Waals surface area contributed by atoms with Gasteiger partial charge < -0.3 is 16.8 Å². The van der Waals surface area contributed by atoms with Crippen LogP contribution in [0.3, 0.4) is 0 Å². The van der Waals surface area contributed by atoms with Crippen molar-refractivity contribution in [3.05, 3.63) is 45.8 Å². The highest BCUT2D eigenvalue weighted by atomic mass is 32.1. The largest absolute Gasteiger partial charge is 0.417 e. The third-order valence-electron chi connectivity index (χ3n) is 4.59. The molecular formula is C18H11F3N8S. The van der Waals surface area contributed by atoms with Crippen molar-refractivity contribution in [2.45, 2.75) is 12.2 Å². The Labute approximate surface area is 171 Å². The summed E-state index contributed by atoms with van der Waals surface area (Å²) in [5.74, 6) is -0.0859. The van der Waals surface area contributed by atoms with E-state index < -0.39 is 17.8 Å². The lowest BCUT2D eigenvalue weighted by Crippen LogP contribution is -2.32. The number of hydrogen-bond acceptors (Lipinski definition) is 9. The highest BCUT2D eigenvalue weighted by Crippen LogP contribution is 2.46. The summed E-state index contributed by atoms with van der Waals surface area (Å²) in [6, 6.07) is 5.48. The molecule has 3 aromatic rings. The van der Waals surface area contributed by atoms with Gasteiger partial charge in [-0.15, -0.1) is 11.3 Å². The minimum atomic E-state index is -4.58. The van der Waals surface area contributed by atoms with E-state index in [-0.39, 0.29) is 45.4 Å². The highest BCUT2D eigenvalue weighted by Gasteiger charge is 2.37. The first-order valence-corrected chi connectivity index (χ1v) is 9.20. The molecular weight excluding hydrogens is 417 g/mol. The molecule has 150 valence electrons. The summed E-state index contributed by atoms with van der Waals surface area (Å²) in [5, 5.41) is 24.4. The zero-order valence-electron chi connectivity index (χ0n) is 14.9. The number of hydrogen-bond donors (Lipinski definition) is 4.